The quantitative estimate of drug-likeness (QED) is 0.650. The summed E-state index contributed by atoms with van der Waals surface area (Å²) in [7, 11) is 0. The van der Waals surface area contributed by atoms with Crippen LogP contribution >= 0.6 is 0 Å². The molecule has 0 aliphatic carbocycles. The van der Waals surface area contributed by atoms with Gasteiger partial charge in [0.25, 0.3) is 5.69 Å². The lowest BCUT2D eigenvalue weighted by Gasteiger charge is -2.10. The molecule has 0 aromatic heterocycles. The van der Waals surface area contributed by atoms with Gasteiger partial charge < -0.3 is 5.32 Å². The summed E-state index contributed by atoms with van der Waals surface area (Å²) in [6.07, 6.45) is 0. The Morgan fingerprint density at radius 2 is 1.90 bits per heavy atom. The van der Waals surface area contributed by atoms with Crippen LogP contribution in [-0.4, -0.2) is 4.92 Å². The second-order valence-corrected chi connectivity index (χ2v) is 5.06. The molecule has 2 rings (SSSR count). The van der Waals surface area contributed by atoms with Gasteiger partial charge in [-0.25, -0.2) is 0 Å². The average Bonchev–Trinajstić information content (AvgIpc) is 2.45. The highest BCUT2D eigenvalue weighted by Gasteiger charge is 2.05. The molecule has 0 aliphatic heterocycles. The molecule has 0 spiro atoms. The first-order valence-electron chi connectivity index (χ1n) is 6.63. The number of nitrogens with zero attached hydrogens (tertiary/aromatic N) is 1. The number of hydrogen-bond donors (Lipinski definition) is 1. The van der Waals surface area contributed by atoms with Gasteiger partial charge in [-0.15, -0.1) is 0 Å². The number of rotatable bonds is 5. The van der Waals surface area contributed by atoms with Crippen LogP contribution in [0.3, 0.4) is 0 Å². The zero-order valence-electron chi connectivity index (χ0n) is 11.7. The van der Waals surface area contributed by atoms with Gasteiger partial charge in [-0.1, -0.05) is 38.1 Å². The van der Waals surface area contributed by atoms with E-state index in [-0.39, 0.29) is 10.6 Å². The summed E-state index contributed by atoms with van der Waals surface area (Å²) < 4.78 is 0. The highest BCUT2D eigenvalue weighted by atomic mass is 16.6. The predicted octanol–water partition coefficient (Wildman–Crippen LogP) is 4.33. The molecule has 0 heterocycles. The highest BCUT2D eigenvalue weighted by molar-refractivity contribution is 5.47. The molecule has 0 amide bonds. The van der Waals surface area contributed by atoms with Crippen LogP contribution in [0.4, 0.5) is 11.4 Å². The van der Waals surface area contributed by atoms with Gasteiger partial charge >= 0.3 is 0 Å². The van der Waals surface area contributed by atoms with E-state index in [9.17, 15) is 10.1 Å². The van der Waals surface area contributed by atoms with Crippen LogP contribution in [0.25, 0.3) is 0 Å². The second-order valence-electron chi connectivity index (χ2n) is 5.06. The topological polar surface area (TPSA) is 55.2 Å². The lowest BCUT2D eigenvalue weighted by atomic mass is 10.0. The molecule has 2 aromatic rings. The van der Waals surface area contributed by atoms with Crippen molar-refractivity contribution in [1.29, 1.82) is 0 Å². The number of non-ortho nitro benzene ring substituents is 1. The highest BCUT2D eigenvalue weighted by Crippen LogP contribution is 2.19. The van der Waals surface area contributed by atoms with Gasteiger partial charge in [0.1, 0.15) is 0 Å². The zero-order valence-corrected chi connectivity index (χ0v) is 11.7. The Morgan fingerprint density at radius 3 is 2.60 bits per heavy atom. The van der Waals surface area contributed by atoms with E-state index in [1.165, 1.54) is 11.6 Å². The zero-order chi connectivity index (χ0) is 14.5. The van der Waals surface area contributed by atoms with Crippen molar-refractivity contribution in [1.82, 2.24) is 0 Å². The fraction of sp³-hybridized carbons (Fsp3) is 0.250. The second kappa shape index (κ2) is 6.19. The first-order valence-corrected chi connectivity index (χ1v) is 6.63. The van der Waals surface area contributed by atoms with Gasteiger partial charge in [0, 0.05) is 24.4 Å². The lowest BCUT2D eigenvalue weighted by Crippen LogP contribution is -2.01. The third-order valence-electron chi connectivity index (χ3n) is 3.17. The maximum atomic E-state index is 10.7. The number of anilines is 1. The summed E-state index contributed by atoms with van der Waals surface area (Å²) in [5.74, 6) is 0.481. The maximum Gasteiger partial charge on any atom is 0.269 e. The first kappa shape index (κ1) is 14.1. The molecule has 0 saturated carbocycles. The van der Waals surface area contributed by atoms with Gasteiger partial charge in [-0.2, -0.15) is 0 Å². The minimum Gasteiger partial charge on any atom is -0.381 e. The smallest absolute Gasteiger partial charge is 0.269 e. The Bertz CT molecular complexity index is 609. The summed E-state index contributed by atoms with van der Waals surface area (Å²) in [5.41, 5.74) is 3.33. The minimum atomic E-state index is -0.372. The number of nitro groups is 1. The van der Waals surface area contributed by atoms with E-state index in [1.807, 2.05) is 18.2 Å². The van der Waals surface area contributed by atoms with Crippen LogP contribution in [0.5, 0.6) is 0 Å². The Balaban J connectivity index is 2.07. The van der Waals surface area contributed by atoms with E-state index in [0.29, 0.717) is 12.5 Å². The molecule has 0 atom stereocenters. The summed E-state index contributed by atoms with van der Waals surface area (Å²) in [6, 6.07) is 14.9. The van der Waals surface area contributed by atoms with Crippen LogP contribution in [-0.2, 0) is 6.54 Å². The van der Waals surface area contributed by atoms with Crippen LogP contribution in [0.2, 0.25) is 0 Å². The molecule has 4 nitrogen and oxygen atoms in total. The number of nitrogens with one attached hydrogen (secondary N) is 1. The lowest BCUT2D eigenvalue weighted by molar-refractivity contribution is -0.384. The van der Waals surface area contributed by atoms with E-state index in [0.717, 1.165) is 11.3 Å². The Kier molecular flexibility index (Phi) is 4.35. The van der Waals surface area contributed by atoms with E-state index in [1.54, 1.807) is 12.1 Å². The van der Waals surface area contributed by atoms with Crippen LogP contribution in [0, 0.1) is 10.1 Å². The van der Waals surface area contributed by atoms with Gasteiger partial charge in [-0.05, 0) is 29.2 Å². The van der Waals surface area contributed by atoms with Gasteiger partial charge in [0.05, 0.1) is 4.92 Å². The summed E-state index contributed by atoms with van der Waals surface area (Å²) in [4.78, 5) is 10.4. The molecule has 1 N–H and O–H groups in total. The van der Waals surface area contributed by atoms with E-state index in [2.05, 4.69) is 31.3 Å². The molecule has 0 radical (unpaired) electrons. The number of nitro benzene ring substituents is 1. The molecule has 104 valence electrons. The normalized spacial score (nSPS) is 10.6. The monoisotopic (exact) mass is 270 g/mol. The third kappa shape index (κ3) is 3.57. The van der Waals surface area contributed by atoms with Gasteiger partial charge in [0.15, 0.2) is 0 Å². The van der Waals surface area contributed by atoms with E-state index >= 15 is 0 Å². The summed E-state index contributed by atoms with van der Waals surface area (Å²) in [5, 5.41) is 14.0. The molecular formula is C16H18N2O2. The molecule has 2 aromatic carbocycles. The van der Waals surface area contributed by atoms with Gasteiger partial charge in [-0.3, -0.25) is 10.1 Å². The minimum absolute atomic E-state index is 0.125. The first-order chi connectivity index (χ1) is 9.56. The van der Waals surface area contributed by atoms with Crippen molar-refractivity contribution in [3.8, 4) is 0 Å². The Morgan fingerprint density at radius 1 is 1.15 bits per heavy atom. The van der Waals surface area contributed by atoms with Crippen LogP contribution in [0.1, 0.15) is 30.9 Å². The van der Waals surface area contributed by atoms with Crippen molar-refractivity contribution < 1.29 is 4.92 Å². The van der Waals surface area contributed by atoms with Gasteiger partial charge in [0.2, 0.25) is 0 Å². The average molecular weight is 270 g/mol. The molecule has 0 aliphatic rings. The fourth-order valence-electron chi connectivity index (χ4n) is 1.99. The molecule has 0 bridgehead atoms. The number of benzene rings is 2. The summed E-state index contributed by atoms with van der Waals surface area (Å²) in [6.45, 7) is 4.88. The molecule has 0 unspecified atom stereocenters. The third-order valence-corrected chi connectivity index (χ3v) is 3.17. The SMILES string of the molecule is CC(C)c1cccc(NCc2cccc([N+](=O)[O-])c2)c1. The Hall–Kier alpha value is -2.36. The van der Waals surface area contributed by atoms with Crippen molar-refractivity contribution in [3.63, 3.8) is 0 Å². The molecular weight excluding hydrogens is 252 g/mol. The molecule has 20 heavy (non-hydrogen) atoms. The number of hydrogen-bond acceptors (Lipinski definition) is 3. The molecule has 0 fully saturated rings. The van der Waals surface area contributed by atoms with Crippen LogP contribution in [0.15, 0.2) is 48.5 Å². The maximum absolute atomic E-state index is 10.7. The Labute approximate surface area is 118 Å². The largest absolute Gasteiger partial charge is 0.381 e. The molecule has 4 heteroatoms. The molecule has 0 saturated heterocycles. The van der Waals surface area contributed by atoms with Crippen molar-refractivity contribution in [3.05, 3.63) is 69.8 Å². The van der Waals surface area contributed by atoms with Crippen molar-refractivity contribution in [2.45, 2.75) is 26.3 Å². The van der Waals surface area contributed by atoms with E-state index < -0.39 is 0 Å². The van der Waals surface area contributed by atoms with Crippen molar-refractivity contribution >= 4 is 11.4 Å². The standard InChI is InChI=1S/C16H18N2O2/c1-12(2)14-6-4-7-15(10-14)17-11-13-5-3-8-16(9-13)18(19)20/h3-10,12,17H,11H2,1-2H3. The predicted molar refractivity (Wildman–Crippen MR) is 81.0 cm³/mol. The van der Waals surface area contributed by atoms with Crippen LogP contribution < -0.4 is 5.32 Å². The fourth-order valence-corrected chi connectivity index (χ4v) is 1.99. The van der Waals surface area contributed by atoms with Crippen molar-refractivity contribution in [2.24, 2.45) is 0 Å². The van der Waals surface area contributed by atoms with Crippen molar-refractivity contribution in [2.75, 3.05) is 5.32 Å². The summed E-state index contributed by atoms with van der Waals surface area (Å²) >= 11 is 0. The van der Waals surface area contributed by atoms with E-state index in [4.69, 9.17) is 0 Å².